The fourth-order valence-electron chi connectivity index (χ4n) is 3.39. The van der Waals surface area contributed by atoms with Gasteiger partial charge in [0.2, 0.25) is 5.16 Å². The molecule has 0 radical (unpaired) electrons. The van der Waals surface area contributed by atoms with Gasteiger partial charge in [0, 0.05) is 11.6 Å². The van der Waals surface area contributed by atoms with Crippen LogP contribution in [0.3, 0.4) is 0 Å². The van der Waals surface area contributed by atoms with Crippen molar-refractivity contribution >= 4 is 34.4 Å². The Kier molecular flexibility index (Phi) is 4.91. The van der Waals surface area contributed by atoms with Gasteiger partial charge in [0.1, 0.15) is 5.82 Å². The minimum Gasteiger partial charge on any atom is -0.395 e. The number of aromatic nitrogens is 6. The maximum Gasteiger partial charge on any atom is 0.210 e. The third-order valence-electron chi connectivity index (χ3n) is 4.58. The molecule has 1 aromatic carbocycles. The summed E-state index contributed by atoms with van der Waals surface area (Å²) in [6, 6.07) is 6.03. The molecule has 1 aliphatic carbocycles. The number of hydrogen-bond donors (Lipinski definition) is 1. The van der Waals surface area contributed by atoms with Crippen LogP contribution in [0.1, 0.15) is 37.5 Å². The van der Waals surface area contributed by atoms with E-state index in [0.717, 1.165) is 34.9 Å². The van der Waals surface area contributed by atoms with E-state index in [9.17, 15) is 5.11 Å². The summed E-state index contributed by atoms with van der Waals surface area (Å²) in [5.74, 6) is 1.52. The molecule has 0 atom stereocenters. The van der Waals surface area contributed by atoms with Crippen LogP contribution in [-0.2, 0) is 12.3 Å². The Labute approximate surface area is 154 Å². The predicted octanol–water partition coefficient (Wildman–Crippen LogP) is 3.08. The minimum atomic E-state index is 0.0510. The highest BCUT2D eigenvalue weighted by Crippen LogP contribution is 2.32. The molecule has 0 bridgehead atoms. The maximum absolute atomic E-state index is 9.41. The zero-order chi connectivity index (χ0) is 17.2. The second kappa shape index (κ2) is 7.31. The summed E-state index contributed by atoms with van der Waals surface area (Å²) in [5.41, 5.74) is 1.82. The van der Waals surface area contributed by atoms with E-state index in [1.165, 1.54) is 12.8 Å². The zero-order valence-corrected chi connectivity index (χ0v) is 15.2. The van der Waals surface area contributed by atoms with E-state index in [2.05, 4.69) is 15.5 Å². The lowest BCUT2D eigenvalue weighted by Crippen LogP contribution is -2.09. The van der Waals surface area contributed by atoms with Crippen LogP contribution in [-0.4, -0.2) is 41.5 Å². The molecule has 0 amide bonds. The fraction of sp³-hybridized carbons (Fsp3) is 0.500. The number of thioether (sulfide) groups is 1. The normalized spacial score (nSPS) is 15.4. The van der Waals surface area contributed by atoms with Gasteiger partial charge in [-0.25, -0.2) is 9.67 Å². The van der Waals surface area contributed by atoms with Crippen molar-refractivity contribution in [2.24, 2.45) is 0 Å². The number of imidazole rings is 1. The zero-order valence-electron chi connectivity index (χ0n) is 13.7. The van der Waals surface area contributed by atoms with Gasteiger partial charge in [-0.1, -0.05) is 36.2 Å². The number of aliphatic hydroxyl groups excluding tert-OH is 1. The molecule has 132 valence electrons. The lowest BCUT2D eigenvalue weighted by atomic mass is 10.3. The SMILES string of the molecule is OCCn1c(CSc2nnnn2C2CCCC2)nc2ccc(Cl)cc21. The number of aliphatic hydroxyl groups is 1. The van der Waals surface area contributed by atoms with Gasteiger partial charge in [-0.3, -0.25) is 0 Å². The Balaban J connectivity index is 1.59. The lowest BCUT2D eigenvalue weighted by molar-refractivity contribution is 0.276. The Morgan fingerprint density at radius 3 is 2.92 bits per heavy atom. The largest absolute Gasteiger partial charge is 0.395 e. The van der Waals surface area contributed by atoms with E-state index in [1.807, 2.05) is 27.4 Å². The smallest absolute Gasteiger partial charge is 0.210 e. The highest BCUT2D eigenvalue weighted by Gasteiger charge is 2.22. The number of fused-ring (bicyclic) bond motifs is 1. The van der Waals surface area contributed by atoms with Crippen LogP contribution in [0.25, 0.3) is 11.0 Å². The molecule has 1 fully saturated rings. The molecule has 1 saturated carbocycles. The first kappa shape index (κ1) is 16.8. The number of halogens is 1. The molecule has 0 saturated heterocycles. The summed E-state index contributed by atoms with van der Waals surface area (Å²) in [6.45, 7) is 0.537. The van der Waals surface area contributed by atoms with E-state index in [1.54, 1.807) is 11.8 Å². The third-order valence-corrected chi connectivity index (χ3v) is 5.74. The van der Waals surface area contributed by atoms with E-state index < -0.39 is 0 Å². The van der Waals surface area contributed by atoms with Crippen LogP contribution in [0, 0.1) is 0 Å². The first-order chi connectivity index (χ1) is 12.3. The molecule has 0 unspecified atom stereocenters. The number of tetrazole rings is 1. The van der Waals surface area contributed by atoms with Gasteiger partial charge in [-0.15, -0.1) is 5.10 Å². The summed E-state index contributed by atoms with van der Waals surface area (Å²) in [7, 11) is 0. The molecule has 1 N–H and O–H groups in total. The van der Waals surface area contributed by atoms with Crippen molar-refractivity contribution in [3.05, 3.63) is 29.0 Å². The topological polar surface area (TPSA) is 81.6 Å². The minimum absolute atomic E-state index is 0.0510. The van der Waals surface area contributed by atoms with E-state index in [-0.39, 0.29) is 6.61 Å². The van der Waals surface area contributed by atoms with Crippen LogP contribution >= 0.6 is 23.4 Å². The molecular weight excluding hydrogens is 360 g/mol. The first-order valence-corrected chi connectivity index (χ1v) is 9.79. The number of hydrogen-bond acceptors (Lipinski definition) is 6. The molecule has 0 aliphatic heterocycles. The van der Waals surface area contributed by atoms with Gasteiger partial charge in [-0.05, 0) is 41.5 Å². The average Bonchev–Trinajstić information content (AvgIpc) is 3.33. The van der Waals surface area contributed by atoms with E-state index >= 15 is 0 Å². The van der Waals surface area contributed by atoms with Crippen molar-refractivity contribution in [2.75, 3.05) is 6.61 Å². The third kappa shape index (κ3) is 3.38. The lowest BCUT2D eigenvalue weighted by Gasteiger charge is -2.11. The Bertz CT molecular complexity index is 873. The van der Waals surface area contributed by atoms with Gasteiger partial charge in [0.25, 0.3) is 0 Å². The van der Waals surface area contributed by atoms with Crippen LogP contribution in [0.5, 0.6) is 0 Å². The van der Waals surface area contributed by atoms with Crippen molar-refractivity contribution in [2.45, 2.75) is 49.2 Å². The summed E-state index contributed by atoms with van der Waals surface area (Å²) in [4.78, 5) is 4.69. The van der Waals surface area contributed by atoms with Gasteiger partial charge in [-0.2, -0.15) is 0 Å². The highest BCUT2D eigenvalue weighted by atomic mass is 35.5. The molecule has 3 aromatic rings. The van der Waals surface area contributed by atoms with Crippen LogP contribution < -0.4 is 0 Å². The highest BCUT2D eigenvalue weighted by molar-refractivity contribution is 7.98. The van der Waals surface area contributed by atoms with Crippen LogP contribution in [0.4, 0.5) is 0 Å². The molecule has 0 spiro atoms. The molecule has 9 heteroatoms. The molecule has 2 aromatic heterocycles. The molecular formula is C16H19ClN6OS. The summed E-state index contributed by atoms with van der Waals surface area (Å²) in [6.07, 6.45) is 4.75. The van der Waals surface area contributed by atoms with Crippen LogP contribution in [0.15, 0.2) is 23.4 Å². The maximum atomic E-state index is 9.41. The Morgan fingerprint density at radius 1 is 1.28 bits per heavy atom. The van der Waals surface area contributed by atoms with Gasteiger partial charge in [0.05, 0.1) is 29.4 Å². The van der Waals surface area contributed by atoms with Gasteiger partial charge < -0.3 is 9.67 Å². The molecule has 25 heavy (non-hydrogen) atoms. The first-order valence-electron chi connectivity index (χ1n) is 8.42. The van der Waals surface area contributed by atoms with Gasteiger partial charge in [0.15, 0.2) is 0 Å². The van der Waals surface area contributed by atoms with Gasteiger partial charge >= 0.3 is 0 Å². The van der Waals surface area contributed by atoms with Crippen molar-refractivity contribution < 1.29 is 5.11 Å². The second-order valence-corrected chi connectivity index (χ2v) is 7.55. The molecule has 7 nitrogen and oxygen atoms in total. The number of nitrogens with zero attached hydrogens (tertiary/aromatic N) is 6. The second-order valence-electron chi connectivity index (χ2n) is 6.17. The molecule has 4 rings (SSSR count). The van der Waals surface area contributed by atoms with Crippen molar-refractivity contribution in [1.29, 1.82) is 0 Å². The summed E-state index contributed by atoms with van der Waals surface area (Å²) in [5, 5.41) is 23.1. The summed E-state index contributed by atoms with van der Waals surface area (Å²) < 4.78 is 3.96. The molecule has 2 heterocycles. The fourth-order valence-corrected chi connectivity index (χ4v) is 4.45. The Morgan fingerprint density at radius 2 is 2.12 bits per heavy atom. The predicted molar refractivity (Wildman–Crippen MR) is 96.7 cm³/mol. The van der Waals surface area contributed by atoms with E-state index in [0.29, 0.717) is 23.4 Å². The van der Waals surface area contributed by atoms with Crippen molar-refractivity contribution in [3.8, 4) is 0 Å². The average molecular weight is 379 g/mol. The summed E-state index contributed by atoms with van der Waals surface area (Å²) >= 11 is 7.70. The number of rotatable bonds is 6. The van der Waals surface area contributed by atoms with Crippen molar-refractivity contribution in [3.63, 3.8) is 0 Å². The number of benzene rings is 1. The monoisotopic (exact) mass is 378 g/mol. The van der Waals surface area contributed by atoms with Crippen LogP contribution in [0.2, 0.25) is 5.02 Å². The quantitative estimate of drug-likeness (QED) is 0.664. The Hall–Kier alpha value is -1.64. The molecule has 1 aliphatic rings. The van der Waals surface area contributed by atoms with Crippen molar-refractivity contribution in [1.82, 2.24) is 29.8 Å². The van der Waals surface area contributed by atoms with E-state index in [4.69, 9.17) is 16.6 Å². The standard InChI is InChI=1S/C16H19ClN6OS/c17-11-5-6-13-14(9-11)22(7-8-24)15(18-13)10-25-16-19-20-21-23(16)12-3-1-2-4-12/h5-6,9,12,24H,1-4,7-8,10H2.